The smallest absolute Gasteiger partial charge is 0.126 e. The first kappa shape index (κ1) is 11.4. The standard InChI is InChI=1S/C13H21N3/c1-9-7-10(2)15-13(8-9)16-12-5-3-11(14)4-6-12/h7-8,11-12H,3-6,14H2,1-2H3,(H,15,16). The van der Waals surface area contributed by atoms with E-state index in [1.807, 2.05) is 6.92 Å². The van der Waals surface area contributed by atoms with Gasteiger partial charge in [0.2, 0.25) is 0 Å². The Hall–Kier alpha value is -1.09. The van der Waals surface area contributed by atoms with Crippen molar-refractivity contribution in [1.29, 1.82) is 0 Å². The zero-order chi connectivity index (χ0) is 11.5. The van der Waals surface area contributed by atoms with Crippen molar-refractivity contribution < 1.29 is 0 Å². The molecule has 0 spiro atoms. The third kappa shape index (κ3) is 2.95. The van der Waals surface area contributed by atoms with Crippen LogP contribution < -0.4 is 11.1 Å². The van der Waals surface area contributed by atoms with E-state index in [1.165, 1.54) is 5.56 Å². The molecule has 1 aliphatic rings. The summed E-state index contributed by atoms with van der Waals surface area (Å²) in [6, 6.07) is 5.17. The van der Waals surface area contributed by atoms with Crippen LogP contribution in [0.2, 0.25) is 0 Å². The molecular formula is C13H21N3. The summed E-state index contributed by atoms with van der Waals surface area (Å²) in [5, 5.41) is 3.52. The molecule has 1 aromatic rings. The molecule has 0 unspecified atom stereocenters. The van der Waals surface area contributed by atoms with Gasteiger partial charge < -0.3 is 11.1 Å². The highest BCUT2D eigenvalue weighted by Crippen LogP contribution is 2.21. The van der Waals surface area contributed by atoms with Gasteiger partial charge in [-0.05, 0) is 57.2 Å². The Morgan fingerprint density at radius 1 is 1.19 bits per heavy atom. The van der Waals surface area contributed by atoms with Crippen molar-refractivity contribution in [3.8, 4) is 0 Å². The van der Waals surface area contributed by atoms with Crippen molar-refractivity contribution in [2.24, 2.45) is 5.73 Å². The summed E-state index contributed by atoms with van der Waals surface area (Å²) in [7, 11) is 0. The molecule has 0 saturated heterocycles. The second kappa shape index (κ2) is 4.83. The Morgan fingerprint density at radius 3 is 2.50 bits per heavy atom. The Labute approximate surface area is 97.5 Å². The minimum atomic E-state index is 0.408. The molecule has 0 radical (unpaired) electrons. The van der Waals surface area contributed by atoms with E-state index in [0.29, 0.717) is 12.1 Å². The van der Waals surface area contributed by atoms with Crippen LogP contribution in [0.3, 0.4) is 0 Å². The van der Waals surface area contributed by atoms with Crippen LogP contribution >= 0.6 is 0 Å². The van der Waals surface area contributed by atoms with E-state index in [-0.39, 0.29) is 0 Å². The van der Waals surface area contributed by atoms with E-state index in [0.717, 1.165) is 37.2 Å². The highest BCUT2D eigenvalue weighted by molar-refractivity contribution is 5.40. The minimum Gasteiger partial charge on any atom is -0.367 e. The average molecular weight is 219 g/mol. The first-order valence-corrected chi connectivity index (χ1v) is 6.11. The average Bonchev–Trinajstić information content (AvgIpc) is 2.20. The quantitative estimate of drug-likeness (QED) is 0.803. The molecule has 0 amide bonds. The van der Waals surface area contributed by atoms with Crippen LogP contribution in [-0.4, -0.2) is 17.1 Å². The van der Waals surface area contributed by atoms with Gasteiger partial charge in [-0.2, -0.15) is 0 Å². The largest absolute Gasteiger partial charge is 0.367 e. The molecule has 3 N–H and O–H groups in total. The highest BCUT2D eigenvalue weighted by atomic mass is 15.0. The lowest BCUT2D eigenvalue weighted by Crippen LogP contribution is -2.33. The second-order valence-corrected chi connectivity index (χ2v) is 4.93. The summed E-state index contributed by atoms with van der Waals surface area (Å²) in [5.74, 6) is 1.01. The molecule has 0 bridgehead atoms. The van der Waals surface area contributed by atoms with Gasteiger partial charge in [0.05, 0.1) is 0 Å². The van der Waals surface area contributed by atoms with Gasteiger partial charge in [0.15, 0.2) is 0 Å². The molecule has 16 heavy (non-hydrogen) atoms. The van der Waals surface area contributed by atoms with Crippen LogP contribution in [0.1, 0.15) is 36.9 Å². The van der Waals surface area contributed by atoms with Crippen molar-refractivity contribution in [2.75, 3.05) is 5.32 Å². The van der Waals surface area contributed by atoms with Crippen LogP contribution in [-0.2, 0) is 0 Å². The van der Waals surface area contributed by atoms with Crippen molar-refractivity contribution in [2.45, 2.75) is 51.6 Å². The van der Waals surface area contributed by atoms with Crippen LogP contribution in [0.4, 0.5) is 5.82 Å². The molecule has 0 aliphatic heterocycles. The number of aryl methyl sites for hydroxylation is 2. The molecule has 0 atom stereocenters. The predicted molar refractivity (Wildman–Crippen MR) is 67.6 cm³/mol. The first-order chi connectivity index (χ1) is 7.63. The van der Waals surface area contributed by atoms with Gasteiger partial charge in [-0.3, -0.25) is 0 Å². The number of nitrogens with one attached hydrogen (secondary N) is 1. The highest BCUT2D eigenvalue weighted by Gasteiger charge is 2.18. The molecule has 1 aliphatic carbocycles. The van der Waals surface area contributed by atoms with Gasteiger partial charge >= 0.3 is 0 Å². The van der Waals surface area contributed by atoms with E-state index in [1.54, 1.807) is 0 Å². The number of nitrogens with two attached hydrogens (primary N) is 1. The first-order valence-electron chi connectivity index (χ1n) is 6.11. The fourth-order valence-electron chi connectivity index (χ4n) is 2.39. The summed E-state index contributed by atoms with van der Waals surface area (Å²) in [4.78, 5) is 4.50. The topological polar surface area (TPSA) is 50.9 Å². The van der Waals surface area contributed by atoms with Crippen molar-refractivity contribution in [3.63, 3.8) is 0 Å². The molecule has 1 saturated carbocycles. The molecule has 3 nitrogen and oxygen atoms in total. The van der Waals surface area contributed by atoms with Crippen molar-refractivity contribution in [1.82, 2.24) is 4.98 Å². The third-order valence-corrected chi connectivity index (χ3v) is 3.22. The molecular weight excluding hydrogens is 198 g/mol. The monoisotopic (exact) mass is 219 g/mol. The zero-order valence-electron chi connectivity index (χ0n) is 10.2. The van der Waals surface area contributed by atoms with E-state index in [2.05, 4.69) is 29.4 Å². The maximum atomic E-state index is 5.90. The van der Waals surface area contributed by atoms with E-state index >= 15 is 0 Å². The number of nitrogens with zero attached hydrogens (tertiary/aromatic N) is 1. The fraction of sp³-hybridized carbons (Fsp3) is 0.615. The third-order valence-electron chi connectivity index (χ3n) is 3.22. The second-order valence-electron chi connectivity index (χ2n) is 4.93. The lowest BCUT2D eigenvalue weighted by atomic mass is 9.92. The Balaban J connectivity index is 1.98. The summed E-state index contributed by atoms with van der Waals surface area (Å²) < 4.78 is 0. The molecule has 88 valence electrons. The van der Waals surface area contributed by atoms with Crippen LogP contribution in [0.5, 0.6) is 0 Å². The van der Waals surface area contributed by atoms with Crippen LogP contribution in [0.25, 0.3) is 0 Å². The molecule has 1 fully saturated rings. The molecule has 2 rings (SSSR count). The number of aromatic nitrogens is 1. The van der Waals surface area contributed by atoms with Gasteiger partial charge in [0, 0.05) is 17.8 Å². The number of rotatable bonds is 2. The van der Waals surface area contributed by atoms with Gasteiger partial charge in [-0.25, -0.2) is 4.98 Å². The Kier molecular flexibility index (Phi) is 3.44. The summed E-state index contributed by atoms with van der Waals surface area (Å²) in [6.45, 7) is 4.14. The molecule has 0 aromatic carbocycles. The van der Waals surface area contributed by atoms with Crippen LogP contribution in [0, 0.1) is 13.8 Å². The predicted octanol–water partition coefficient (Wildman–Crippen LogP) is 2.38. The Bertz CT molecular complexity index is 334. The maximum Gasteiger partial charge on any atom is 0.126 e. The van der Waals surface area contributed by atoms with Gasteiger partial charge in [-0.15, -0.1) is 0 Å². The lowest BCUT2D eigenvalue weighted by Gasteiger charge is -2.27. The fourth-order valence-corrected chi connectivity index (χ4v) is 2.39. The van der Waals surface area contributed by atoms with E-state index in [4.69, 9.17) is 5.73 Å². The van der Waals surface area contributed by atoms with E-state index in [9.17, 15) is 0 Å². The van der Waals surface area contributed by atoms with Crippen molar-refractivity contribution in [3.05, 3.63) is 23.4 Å². The molecule has 1 aromatic heterocycles. The molecule has 1 heterocycles. The maximum absolute atomic E-state index is 5.90. The van der Waals surface area contributed by atoms with Gasteiger partial charge in [-0.1, -0.05) is 0 Å². The zero-order valence-corrected chi connectivity index (χ0v) is 10.2. The number of hydrogen-bond acceptors (Lipinski definition) is 3. The van der Waals surface area contributed by atoms with Crippen molar-refractivity contribution >= 4 is 5.82 Å². The van der Waals surface area contributed by atoms with E-state index < -0.39 is 0 Å². The summed E-state index contributed by atoms with van der Waals surface area (Å²) in [5.41, 5.74) is 8.24. The SMILES string of the molecule is Cc1cc(C)nc(NC2CCC(N)CC2)c1. The number of pyridine rings is 1. The number of hydrogen-bond donors (Lipinski definition) is 2. The summed E-state index contributed by atoms with van der Waals surface area (Å²) in [6.07, 6.45) is 4.58. The summed E-state index contributed by atoms with van der Waals surface area (Å²) >= 11 is 0. The molecule has 3 heteroatoms. The minimum absolute atomic E-state index is 0.408. The van der Waals surface area contributed by atoms with Gasteiger partial charge in [0.1, 0.15) is 5.82 Å². The normalized spacial score (nSPS) is 25.4. The Morgan fingerprint density at radius 2 is 1.88 bits per heavy atom. The van der Waals surface area contributed by atoms with Gasteiger partial charge in [0.25, 0.3) is 0 Å². The lowest BCUT2D eigenvalue weighted by molar-refractivity contribution is 0.410. The van der Waals surface area contributed by atoms with Crippen LogP contribution in [0.15, 0.2) is 12.1 Å². The number of anilines is 1.